The van der Waals surface area contributed by atoms with Crippen molar-refractivity contribution < 1.29 is 9.53 Å². The van der Waals surface area contributed by atoms with Crippen molar-refractivity contribution in [2.45, 2.75) is 26.8 Å². The zero-order valence-corrected chi connectivity index (χ0v) is 15.4. The molecule has 1 aromatic carbocycles. The van der Waals surface area contributed by atoms with E-state index >= 15 is 0 Å². The summed E-state index contributed by atoms with van der Waals surface area (Å²) < 4.78 is 6.93. The largest absolute Gasteiger partial charge is 0.424 e. The highest BCUT2D eigenvalue weighted by molar-refractivity contribution is 5.90. The van der Waals surface area contributed by atoms with Crippen LogP contribution in [0.3, 0.4) is 0 Å². The molecule has 3 aromatic rings. The molecule has 0 radical (unpaired) electrons. The summed E-state index contributed by atoms with van der Waals surface area (Å²) in [6.07, 6.45) is 1.42. The molecule has 3 rings (SSSR count). The lowest BCUT2D eigenvalue weighted by molar-refractivity contribution is -0.116. The second-order valence-corrected chi connectivity index (χ2v) is 6.16. The summed E-state index contributed by atoms with van der Waals surface area (Å²) in [6.45, 7) is 3.85. The predicted molar refractivity (Wildman–Crippen MR) is 103 cm³/mol. The van der Waals surface area contributed by atoms with E-state index in [0.29, 0.717) is 11.4 Å². The molecule has 2 aromatic heterocycles. The van der Waals surface area contributed by atoms with E-state index in [0.717, 1.165) is 11.4 Å². The molecule has 0 aliphatic rings. The Morgan fingerprint density at radius 3 is 2.61 bits per heavy atom. The van der Waals surface area contributed by atoms with Crippen molar-refractivity contribution in [2.75, 3.05) is 5.32 Å². The van der Waals surface area contributed by atoms with Crippen LogP contribution in [0.1, 0.15) is 17.8 Å². The Labute approximate surface area is 160 Å². The smallest absolute Gasteiger partial charge is 0.328 e. The van der Waals surface area contributed by atoms with Crippen LogP contribution in [0.2, 0.25) is 0 Å². The molecule has 1 amide bonds. The van der Waals surface area contributed by atoms with Crippen molar-refractivity contribution in [3.8, 4) is 11.8 Å². The highest BCUT2D eigenvalue weighted by Crippen LogP contribution is 2.22. The minimum absolute atomic E-state index is 0.0667. The number of hydrogen-bond donors (Lipinski definition) is 2. The number of carbonyl (C=O) groups is 1. The van der Waals surface area contributed by atoms with Crippen LogP contribution in [0.4, 0.5) is 5.69 Å². The van der Waals surface area contributed by atoms with Gasteiger partial charge in [0.2, 0.25) is 5.91 Å². The zero-order valence-electron chi connectivity index (χ0n) is 15.4. The van der Waals surface area contributed by atoms with Crippen LogP contribution in [0.5, 0.6) is 11.8 Å². The topological polar surface area (TPSA) is 119 Å². The van der Waals surface area contributed by atoms with Gasteiger partial charge < -0.3 is 14.6 Å². The number of aromatic nitrogens is 4. The van der Waals surface area contributed by atoms with Crippen LogP contribution in [-0.2, 0) is 11.3 Å². The monoisotopic (exact) mass is 381 g/mol. The van der Waals surface area contributed by atoms with Crippen molar-refractivity contribution in [1.82, 2.24) is 19.5 Å². The lowest BCUT2D eigenvalue weighted by Crippen LogP contribution is -2.29. The summed E-state index contributed by atoms with van der Waals surface area (Å²) in [5, 5.41) is 2.74. The molecule has 0 saturated carbocycles. The van der Waals surface area contributed by atoms with Gasteiger partial charge in [-0.25, -0.2) is 14.8 Å². The molecule has 2 heterocycles. The van der Waals surface area contributed by atoms with E-state index in [4.69, 9.17) is 4.74 Å². The number of carbonyl (C=O) groups excluding carboxylic acids is 1. The Balaban J connectivity index is 1.62. The lowest BCUT2D eigenvalue weighted by Gasteiger charge is -2.09. The number of amides is 1. The highest BCUT2D eigenvalue weighted by atomic mass is 16.5. The molecular formula is C19H19N5O4. The highest BCUT2D eigenvalue weighted by Gasteiger charge is 2.07. The van der Waals surface area contributed by atoms with E-state index < -0.39 is 11.2 Å². The first-order valence-corrected chi connectivity index (χ1v) is 8.59. The van der Waals surface area contributed by atoms with Gasteiger partial charge in [-0.2, -0.15) is 0 Å². The maximum atomic E-state index is 12.2. The molecule has 9 nitrogen and oxygen atoms in total. The lowest BCUT2D eigenvalue weighted by atomic mass is 10.3. The Morgan fingerprint density at radius 1 is 1.14 bits per heavy atom. The predicted octanol–water partition coefficient (Wildman–Crippen LogP) is 1.76. The third kappa shape index (κ3) is 5.13. The maximum absolute atomic E-state index is 12.2. The van der Waals surface area contributed by atoms with Gasteiger partial charge in [-0.1, -0.05) is 6.07 Å². The maximum Gasteiger partial charge on any atom is 0.328 e. The van der Waals surface area contributed by atoms with E-state index in [2.05, 4.69) is 20.3 Å². The number of aryl methyl sites for hydroxylation is 3. The van der Waals surface area contributed by atoms with Gasteiger partial charge in [0.25, 0.3) is 5.56 Å². The van der Waals surface area contributed by atoms with Gasteiger partial charge in [0.05, 0.1) is 0 Å². The van der Waals surface area contributed by atoms with E-state index in [1.165, 1.54) is 16.8 Å². The first kappa shape index (κ1) is 19.0. The molecule has 144 valence electrons. The first-order chi connectivity index (χ1) is 13.4. The fraction of sp³-hybridized carbons (Fsp3) is 0.211. The number of ether oxygens (including phenoxy) is 1. The number of hydrogen-bond acceptors (Lipinski definition) is 6. The van der Waals surface area contributed by atoms with Crippen LogP contribution < -0.4 is 21.3 Å². The summed E-state index contributed by atoms with van der Waals surface area (Å²) in [7, 11) is 0. The van der Waals surface area contributed by atoms with Gasteiger partial charge in [-0.05, 0) is 32.0 Å². The molecule has 0 atom stereocenters. The molecule has 0 spiro atoms. The molecule has 0 bridgehead atoms. The number of nitrogens with zero attached hydrogens (tertiary/aromatic N) is 3. The second kappa shape index (κ2) is 8.30. The van der Waals surface area contributed by atoms with E-state index in [1.807, 2.05) is 19.9 Å². The second-order valence-electron chi connectivity index (χ2n) is 6.16. The van der Waals surface area contributed by atoms with Gasteiger partial charge in [-0.3, -0.25) is 14.6 Å². The Morgan fingerprint density at radius 2 is 1.89 bits per heavy atom. The number of rotatable bonds is 6. The molecule has 0 saturated heterocycles. The number of H-pyrrole nitrogens is 1. The molecule has 0 unspecified atom stereocenters. The fourth-order valence-corrected chi connectivity index (χ4v) is 2.55. The van der Waals surface area contributed by atoms with Crippen LogP contribution in [-0.4, -0.2) is 25.4 Å². The zero-order chi connectivity index (χ0) is 20.1. The minimum atomic E-state index is -0.552. The van der Waals surface area contributed by atoms with Crippen molar-refractivity contribution in [3.05, 3.63) is 74.8 Å². The standard InChI is InChI=1S/C19H19N5O4/c1-12-10-13(2)21-18(20-12)28-15-5-3-4-14(11-15)22-16(25)6-8-24-9-7-17(26)23-19(24)27/h3-5,7,9-11H,6,8H2,1-2H3,(H,22,25)(H,23,26,27). The molecule has 28 heavy (non-hydrogen) atoms. The van der Waals surface area contributed by atoms with Gasteiger partial charge in [0, 0.05) is 48.4 Å². The Hall–Kier alpha value is -3.75. The van der Waals surface area contributed by atoms with Crippen molar-refractivity contribution in [2.24, 2.45) is 0 Å². The summed E-state index contributed by atoms with van der Waals surface area (Å²) in [5.41, 5.74) is 1.11. The SMILES string of the molecule is Cc1cc(C)nc(Oc2cccc(NC(=O)CCn3ccc(=O)[nH]c3=O)c2)n1. The van der Waals surface area contributed by atoms with Crippen molar-refractivity contribution in [3.63, 3.8) is 0 Å². The first-order valence-electron chi connectivity index (χ1n) is 8.59. The van der Waals surface area contributed by atoms with E-state index in [-0.39, 0.29) is 24.9 Å². The van der Waals surface area contributed by atoms with E-state index in [1.54, 1.807) is 24.3 Å². The van der Waals surface area contributed by atoms with Gasteiger partial charge in [0.15, 0.2) is 0 Å². The molecule has 0 aliphatic carbocycles. The molecule has 0 aliphatic heterocycles. The fourth-order valence-electron chi connectivity index (χ4n) is 2.55. The molecule has 9 heteroatoms. The number of aromatic amines is 1. The average Bonchev–Trinajstić information content (AvgIpc) is 2.60. The van der Waals surface area contributed by atoms with Crippen molar-refractivity contribution in [1.29, 1.82) is 0 Å². The summed E-state index contributed by atoms with van der Waals surface area (Å²) >= 11 is 0. The van der Waals surface area contributed by atoms with Crippen LogP contribution in [0.25, 0.3) is 0 Å². The van der Waals surface area contributed by atoms with Crippen molar-refractivity contribution >= 4 is 11.6 Å². The molecular weight excluding hydrogens is 362 g/mol. The number of nitrogens with one attached hydrogen (secondary N) is 2. The summed E-state index contributed by atoms with van der Waals surface area (Å²) in [4.78, 5) is 45.4. The number of benzene rings is 1. The third-order valence-corrected chi connectivity index (χ3v) is 3.77. The minimum Gasteiger partial charge on any atom is -0.424 e. The van der Waals surface area contributed by atoms with Crippen LogP contribution in [0.15, 0.2) is 52.2 Å². The quantitative estimate of drug-likeness (QED) is 0.672. The van der Waals surface area contributed by atoms with Crippen LogP contribution in [0, 0.1) is 13.8 Å². The van der Waals surface area contributed by atoms with Gasteiger partial charge in [0.1, 0.15) is 5.75 Å². The molecule has 0 fully saturated rings. The Kier molecular flexibility index (Phi) is 5.64. The summed E-state index contributed by atoms with van der Waals surface area (Å²) in [6, 6.07) is 10.2. The summed E-state index contributed by atoms with van der Waals surface area (Å²) in [5.74, 6) is 0.206. The normalized spacial score (nSPS) is 10.5. The average molecular weight is 381 g/mol. The third-order valence-electron chi connectivity index (χ3n) is 3.77. The van der Waals surface area contributed by atoms with E-state index in [9.17, 15) is 14.4 Å². The van der Waals surface area contributed by atoms with Gasteiger partial charge >= 0.3 is 11.7 Å². The molecule has 2 N–H and O–H groups in total. The van der Waals surface area contributed by atoms with Crippen LogP contribution >= 0.6 is 0 Å². The number of anilines is 1. The van der Waals surface area contributed by atoms with Gasteiger partial charge in [-0.15, -0.1) is 0 Å². The Bertz CT molecular complexity index is 1100.